The van der Waals surface area contributed by atoms with Crippen molar-refractivity contribution in [1.29, 1.82) is 0 Å². The van der Waals surface area contributed by atoms with Crippen molar-refractivity contribution in [3.63, 3.8) is 0 Å². The molecule has 0 radical (unpaired) electrons. The molecule has 0 fully saturated rings. The van der Waals surface area contributed by atoms with E-state index in [1.54, 1.807) is 18.2 Å². The average Bonchev–Trinajstić information content (AvgIpc) is 2.74. The average molecular weight is 495 g/mol. The molecule has 0 aromatic heterocycles. The summed E-state index contributed by atoms with van der Waals surface area (Å²) in [5, 5.41) is 0.450. The second kappa shape index (κ2) is 8.82. The standard InChI is InChI=1S/C22H20ClFN2O4S2/c23-19-4-9-22(10-5-19)32(29,30)26-12-11-17-3-8-21(13-18(17)14-26)25-31(27,28)15-16-1-6-20(24)7-2-16/h1-10,13,25H,11-12,14-15H2. The number of nitrogens with zero attached hydrogens (tertiary/aromatic N) is 1. The quantitative estimate of drug-likeness (QED) is 0.557. The molecule has 168 valence electrons. The maximum atomic E-state index is 13.1. The molecule has 0 amide bonds. The van der Waals surface area contributed by atoms with Crippen LogP contribution in [0.4, 0.5) is 10.1 Å². The molecular weight excluding hydrogens is 475 g/mol. The number of hydrogen-bond acceptors (Lipinski definition) is 4. The van der Waals surface area contributed by atoms with E-state index in [0.717, 1.165) is 11.1 Å². The number of sulfonamides is 2. The van der Waals surface area contributed by atoms with E-state index in [0.29, 0.717) is 29.2 Å². The zero-order valence-corrected chi connectivity index (χ0v) is 19.2. The van der Waals surface area contributed by atoms with E-state index in [-0.39, 0.29) is 17.2 Å². The van der Waals surface area contributed by atoms with Crippen LogP contribution in [0.3, 0.4) is 0 Å². The summed E-state index contributed by atoms with van der Waals surface area (Å²) >= 11 is 5.86. The Hall–Kier alpha value is -2.46. The topological polar surface area (TPSA) is 83.6 Å². The van der Waals surface area contributed by atoms with Crippen LogP contribution in [0.2, 0.25) is 5.02 Å². The Labute approximate surface area is 191 Å². The summed E-state index contributed by atoms with van der Waals surface area (Å²) in [5.41, 5.74) is 2.50. The number of anilines is 1. The first-order chi connectivity index (χ1) is 15.1. The van der Waals surface area contributed by atoms with E-state index >= 15 is 0 Å². The van der Waals surface area contributed by atoms with E-state index in [1.165, 1.54) is 52.8 Å². The van der Waals surface area contributed by atoms with E-state index in [9.17, 15) is 21.2 Å². The Morgan fingerprint density at radius 2 is 1.59 bits per heavy atom. The van der Waals surface area contributed by atoms with Crippen molar-refractivity contribution in [2.24, 2.45) is 0 Å². The van der Waals surface area contributed by atoms with Gasteiger partial charge in [0.25, 0.3) is 0 Å². The molecule has 0 saturated carbocycles. The molecule has 1 aliphatic heterocycles. The molecule has 10 heteroatoms. The Morgan fingerprint density at radius 1 is 0.906 bits per heavy atom. The van der Waals surface area contributed by atoms with Gasteiger partial charge in [-0.25, -0.2) is 21.2 Å². The number of halogens is 2. The van der Waals surface area contributed by atoms with E-state index in [4.69, 9.17) is 11.6 Å². The number of nitrogens with one attached hydrogen (secondary N) is 1. The molecule has 6 nitrogen and oxygen atoms in total. The largest absolute Gasteiger partial charge is 0.283 e. The summed E-state index contributed by atoms with van der Waals surface area (Å²) in [6.45, 7) is 0.460. The van der Waals surface area contributed by atoms with Crippen LogP contribution >= 0.6 is 11.6 Å². The zero-order valence-electron chi connectivity index (χ0n) is 16.8. The minimum atomic E-state index is -3.73. The van der Waals surface area contributed by atoms with Crippen molar-refractivity contribution >= 4 is 37.3 Å². The van der Waals surface area contributed by atoms with E-state index < -0.39 is 25.9 Å². The van der Waals surface area contributed by atoms with Crippen LogP contribution in [0.15, 0.2) is 71.6 Å². The van der Waals surface area contributed by atoms with Crippen LogP contribution in [0.1, 0.15) is 16.7 Å². The summed E-state index contributed by atoms with van der Waals surface area (Å²) in [4.78, 5) is 0.154. The van der Waals surface area contributed by atoms with Gasteiger partial charge in [0, 0.05) is 23.8 Å². The lowest BCUT2D eigenvalue weighted by Crippen LogP contribution is -2.36. The van der Waals surface area contributed by atoms with Crippen LogP contribution in [0, 0.1) is 5.82 Å². The van der Waals surface area contributed by atoms with E-state index in [2.05, 4.69) is 4.72 Å². The lowest BCUT2D eigenvalue weighted by atomic mass is 10.0. The number of rotatable bonds is 6. The van der Waals surface area contributed by atoms with Crippen LogP contribution in [-0.2, 0) is 38.8 Å². The molecule has 0 aliphatic carbocycles. The molecule has 32 heavy (non-hydrogen) atoms. The highest BCUT2D eigenvalue weighted by atomic mass is 35.5. The van der Waals surface area contributed by atoms with Gasteiger partial charge in [-0.05, 0) is 71.6 Å². The highest BCUT2D eigenvalue weighted by molar-refractivity contribution is 7.91. The van der Waals surface area contributed by atoms with Gasteiger partial charge in [0.05, 0.1) is 10.6 Å². The lowest BCUT2D eigenvalue weighted by molar-refractivity contribution is 0.391. The smallest absolute Gasteiger partial charge is 0.243 e. The predicted molar refractivity (Wildman–Crippen MR) is 122 cm³/mol. The summed E-state index contributed by atoms with van der Waals surface area (Å²) in [7, 11) is -7.44. The van der Waals surface area contributed by atoms with Crippen molar-refractivity contribution in [3.05, 3.63) is 94.3 Å². The fourth-order valence-corrected chi connectivity index (χ4v) is 6.31. The molecule has 0 bridgehead atoms. The Kier molecular flexibility index (Phi) is 6.26. The second-order valence-corrected chi connectivity index (χ2v) is 11.6. The van der Waals surface area contributed by atoms with Crippen LogP contribution in [0.5, 0.6) is 0 Å². The van der Waals surface area contributed by atoms with Gasteiger partial charge in [0.15, 0.2) is 0 Å². The number of hydrogen-bond donors (Lipinski definition) is 1. The molecule has 3 aromatic carbocycles. The third kappa shape index (κ3) is 5.12. The van der Waals surface area contributed by atoms with Crippen molar-refractivity contribution in [2.45, 2.75) is 23.6 Å². The molecular formula is C22H20ClFN2O4S2. The molecule has 1 N–H and O–H groups in total. The van der Waals surface area contributed by atoms with Crippen molar-refractivity contribution in [3.8, 4) is 0 Å². The van der Waals surface area contributed by atoms with Gasteiger partial charge < -0.3 is 0 Å². The van der Waals surface area contributed by atoms with Crippen molar-refractivity contribution in [1.82, 2.24) is 4.31 Å². The normalized spacial score (nSPS) is 14.7. The van der Waals surface area contributed by atoms with Crippen molar-refractivity contribution < 1.29 is 21.2 Å². The van der Waals surface area contributed by atoms with Gasteiger partial charge in [-0.2, -0.15) is 4.31 Å². The van der Waals surface area contributed by atoms with Gasteiger partial charge in [-0.1, -0.05) is 29.8 Å². The fraction of sp³-hybridized carbons (Fsp3) is 0.182. The molecule has 3 aromatic rings. The lowest BCUT2D eigenvalue weighted by Gasteiger charge is -2.28. The number of benzene rings is 3. The molecule has 0 saturated heterocycles. The highest BCUT2D eigenvalue weighted by Gasteiger charge is 2.28. The van der Waals surface area contributed by atoms with Crippen LogP contribution in [0.25, 0.3) is 0 Å². The Bertz CT molecular complexity index is 1340. The molecule has 0 spiro atoms. The molecule has 0 atom stereocenters. The maximum absolute atomic E-state index is 13.1. The first kappa shape index (κ1) is 22.7. The Balaban J connectivity index is 1.52. The first-order valence-electron chi connectivity index (χ1n) is 9.75. The molecule has 4 rings (SSSR count). The monoisotopic (exact) mass is 494 g/mol. The molecule has 1 aliphatic rings. The van der Waals surface area contributed by atoms with Gasteiger partial charge in [0.2, 0.25) is 20.0 Å². The van der Waals surface area contributed by atoms with Gasteiger partial charge >= 0.3 is 0 Å². The third-order valence-corrected chi connectivity index (χ3v) is 8.55. The zero-order chi connectivity index (χ0) is 22.9. The summed E-state index contributed by atoms with van der Waals surface area (Å²) in [6.07, 6.45) is 0.519. The predicted octanol–water partition coefficient (Wildman–Crippen LogP) is 4.17. The maximum Gasteiger partial charge on any atom is 0.243 e. The van der Waals surface area contributed by atoms with Crippen LogP contribution < -0.4 is 4.72 Å². The second-order valence-electron chi connectivity index (χ2n) is 7.51. The highest BCUT2D eigenvalue weighted by Crippen LogP contribution is 2.28. The van der Waals surface area contributed by atoms with Crippen LogP contribution in [-0.4, -0.2) is 27.7 Å². The molecule has 1 heterocycles. The van der Waals surface area contributed by atoms with Gasteiger partial charge in [0.1, 0.15) is 5.82 Å². The SMILES string of the molecule is O=S(=O)(Cc1ccc(F)cc1)Nc1ccc2c(c1)CN(S(=O)(=O)c1ccc(Cl)cc1)CC2. The van der Waals surface area contributed by atoms with Crippen molar-refractivity contribution in [2.75, 3.05) is 11.3 Å². The summed E-state index contributed by atoms with van der Waals surface area (Å²) < 4.78 is 68.0. The third-order valence-electron chi connectivity index (χ3n) is 5.18. The summed E-state index contributed by atoms with van der Waals surface area (Å²) in [6, 6.07) is 16.4. The number of fused-ring (bicyclic) bond motifs is 1. The fourth-order valence-electron chi connectivity index (χ4n) is 3.57. The first-order valence-corrected chi connectivity index (χ1v) is 13.2. The minimum Gasteiger partial charge on any atom is -0.283 e. The minimum absolute atomic E-state index is 0.133. The Morgan fingerprint density at radius 3 is 2.28 bits per heavy atom. The molecule has 0 unspecified atom stereocenters. The van der Waals surface area contributed by atoms with Gasteiger partial charge in [-0.3, -0.25) is 4.72 Å². The van der Waals surface area contributed by atoms with Gasteiger partial charge in [-0.15, -0.1) is 0 Å². The van der Waals surface area contributed by atoms with E-state index in [1.807, 2.05) is 0 Å². The summed E-state index contributed by atoms with van der Waals surface area (Å²) in [5.74, 6) is -0.742.